The van der Waals surface area contributed by atoms with Gasteiger partial charge in [-0.05, 0) is 48.6 Å². The monoisotopic (exact) mass is 365 g/mol. The van der Waals surface area contributed by atoms with E-state index in [0.29, 0.717) is 19.5 Å². The highest BCUT2D eigenvalue weighted by Crippen LogP contribution is 2.30. The Labute approximate surface area is 145 Å². The molecule has 1 aliphatic rings. The minimum Gasteiger partial charge on any atom is -0.338 e. The van der Waals surface area contributed by atoms with Gasteiger partial charge in [0.1, 0.15) is 0 Å². The third-order valence-electron chi connectivity index (χ3n) is 3.85. The van der Waals surface area contributed by atoms with Crippen LogP contribution in [0.4, 0.5) is 10.5 Å². The summed E-state index contributed by atoms with van der Waals surface area (Å²) in [4.78, 5) is 14.8. The van der Waals surface area contributed by atoms with Crippen LogP contribution in [0.2, 0.25) is 0 Å². The summed E-state index contributed by atoms with van der Waals surface area (Å²) in [6, 6.07) is 8.54. The van der Waals surface area contributed by atoms with Crippen LogP contribution in [-0.2, 0) is 23.0 Å². The molecule has 8 heteroatoms. The number of thiophene rings is 1. The fraction of sp³-hybridized carbons (Fsp3) is 0.312. The van der Waals surface area contributed by atoms with Gasteiger partial charge in [-0.25, -0.2) is 17.9 Å². The zero-order valence-corrected chi connectivity index (χ0v) is 14.9. The Hall–Kier alpha value is -1.90. The zero-order chi connectivity index (χ0) is 17.2. The van der Waals surface area contributed by atoms with Crippen molar-refractivity contribution in [1.82, 2.24) is 10.0 Å². The average Bonchev–Trinajstić information content (AvgIpc) is 3.22. The molecule has 1 aromatic carbocycles. The van der Waals surface area contributed by atoms with Gasteiger partial charge in [-0.3, -0.25) is 4.90 Å². The molecule has 2 N–H and O–H groups in total. The maximum atomic E-state index is 12.4. The number of rotatable bonds is 5. The number of hydrogen-bond donors (Lipinski definition) is 2. The summed E-state index contributed by atoms with van der Waals surface area (Å²) in [5, 5.41) is 4.68. The van der Waals surface area contributed by atoms with Crippen molar-refractivity contribution in [2.24, 2.45) is 0 Å². The Morgan fingerprint density at radius 1 is 1.33 bits per heavy atom. The number of nitrogens with zero attached hydrogens (tertiary/aromatic N) is 1. The summed E-state index contributed by atoms with van der Waals surface area (Å²) >= 11 is 1.51. The Morgan fingerprint density at radius 2 is 2.17 bits per heavy atom. The third-order valence-corrected chi connectivity index (χ3v) is 6.12. The van der Waals surface area contributed by atoms with Crippen LogP contribution in [0.5, 0.6) is 0 Å². The van der Waals surface area contributed by atoms with Crippen LogP contribution in [0.25, 0.3) is 0 Å². The molecule has 0 spiro atoms. The summed E-state index contributed by atoms with van der Waals surface area (Å²) < 4.78 is 27.5. The molecule has 0 aliphatic carbocycles. The summed E-state index contributed by atoms with van der Waals surface area (Å²) in [5.41, 5.74) is 1.65. The Bertz CT molecular complexity index is 832. The molecule has 0 fully saturated rings. The van der Waals surface area contributed by atoms with E-state index in [2.05, 4.69) is 10.0 Å². The quantitative estimate of drug-likeness (QED) is 0.853. The van der Waals surface area contributed by atoms with E-state index < -0.39 is 10.0 Å². The average molecular weight is 365 g/mol. The number of hydrogen-bond acceptors (Lipinski definition) is 4. The first-order valence-electron chi connectivity index (χ1n) is 7.71. The molecule has 24 heavy (non-hydrogen) atoms. The maximum absolute atomic E-state index is 12.4. The Morgan fingerprint density at radius 3 is 2.88 bits per heavy atom. The third kappa shape index (κ3) is 3.45. The van der Waals surface area contributed by atoms with Gasteiger partial charge in [0, 0.05) is 30.2 Å². The lowest BCUT2D eigenvalue weighted by molar-refractivity contribution is 0.247. The molecular formula is C16H19N3O3S2. The highest BCUT2D eigenvalue weighted by Gasteiger charge is 2.26. The second-order valence-electron chi connectivity index (χ2n) is 5.43. The predicted octanol–water partition coefficient (Wildman–Crippen LogP) is 2.32. The number of carbonyl (C=O) groups is 1. The molecule has 2 amide bonds. The van der Waals surface area contributed by atoms with Crippen LogP contribution < -0.4 is 14.9 Å². The predicted molar refractivity (Wildman–Crippen MR) is 94.9 cm³/mol. The van der Waals surface area contributed by atoms with Crippen molar-refractivity contribution in [2.45, 2.75) is 24.8 Å². The lowest BCUT2D eigenvalue weighted by atomic mass is 10.2. The van der Waals surface area contributed by atoms with Crippen LogP contribution in [0, 0.1) is 0 Å². The van der Waals surface area contributed by atoms with Crippen LogP contribution in [0.3, 0.4) is 0 Å². The highest BCUT2D eigenvalue weighted by molar-refractivity contribution is 7.89. The minimum absolute atomic E-state index is 0.150. The van der Waals surface area contributed by atoms with Crippen LogP contribution in [0.1, 0.15) is 17.4 Å². The molecule has 0 unspecified atom stereocenters. The first kappa shape index (κ1) is 16.9. The molecule has 2 heterocycles. The van der Waals surface area contributed by atoms with Crippen molar-refractivity contribution >= 4 is 33.1 Å². The smallest absolute Gasteiger partial charge is 0.321 e. The molecule has 6 nitrogen and oxygen atoms in total. The van der Waals surface area contributed by atoms with Crippen molar-refractivity contribution in [3.05, 3.63) is 46.2 Å². The molecule has 0 bridgehead atoms. The first-order chi connectivity index (χ1) is 11.5. The van der Waals surface area contributed by atoms with Gasteiger partial charge < -0.3 is 5.32 Å². The van der Waals surface area contributed by atoms with E-state index >= 15 is 0 Å². The normalized spacial score (nSPS) is 13.8. The van der Waals surface area contributed by atoms with Gasteiger partial charge in [-0.15, -0.1) is 11.3 Å². The number of nitrogens with one attached hydrogen (secondary N) is 2. The van der Waals surface area contributed by atoms with Gasteiger partial charge in [0.15, 0.2) is 0 Å². The van der Waals surface area contributed by atoms with Crippen molar-refractivity contribution in [3.8, 4) is 0 Å². The largest absolute Gasteiger partial charge is 0.338 e. The molecule has 2 aromatic rings. The van der Waals surface area contributed by atoms with Gasteiger partial charge >= 0.3 is 6.03 Å². The molecule has 0 atom stereocenters. The van der Waals surface area contributed by atoms with E-state index in [1.54, 1.807) is 23.1 Å². The molecular weight excluding hydrogens is 346 g/mol. The van der Waals surface area contributed by atoms with Crippen molar-refractivity contribution in [2.75, 3.05) is 18.0 Å². The number of anilines is 1. The molecule has 128 valence electrons. The highest BCUT2D eigenvalue weighted by atomic mass is 32.2. The van der Waals surface area contributed by atoms with Crippen molar-refractivity contribution in [3.63, 3.8) is 0 Å². The molecule has 3 rings (SSSR count). The summed E-state index contributed by atoms with van der Waals surface area (Å²) in [7, 11) is -3.57. The maximum Gasteiger partial charge on any atom is 0.321 e. The zero-order valence-electron chi connectivity index (χ0n) is 13.3. The molecule has 1 aliphatic heterocycles. The number of amides is 2. The summed E-state index contributed by atoms with van der Waals surface area (Å²) in [5.74, 6) is 0. The second-order valence-corrected chi connectivity index (χ2v) is 8.23. The van der Waals surface area contributed by atoms with Crippen molar-refractivity contribution in [1.29, 1.82) is 0 Å². The van der Waals surface area contributed by atoms with E-state index in [-0.39, 0.29) is 17.5 Å². The lowest BCUT2D eigenvalue weighted by Crippen LogP contribution is -2.38. The number of sulfonamides is 1. The number of urea groups is 1. The second kappa shape index (κ2) is 6.92. The lowest BCUT2D eigenvalue weighted by Gasteiger charge is -2.17. The number of benzene rings is 1. The number of fused-ring (bicyclic) bond motifs is 1. The van der Waals surface area contributed by atoms with E-state index in [1.807, 2.05) is 24.4 Å². The van der Waals surface area contributed by atoms with E-state index in [1.165, 1.54) is 11.3 Å². The van der Waals surface area contributed by atoms with E-state index in [4.69, 9.17) is 0 Å². The summed E-state index contributed by atoms with van der Waals surface area (Å²) in [6.07, 6.45) is 0.654. The molecule has 0 radical (unpaired) electrons. The van der Waals surface area contributed by atoms with Gasteiger partial charge in [0.05, 0.1) is 4.90 Å². The van der Waals surface area contributed by atoms with Gasteiger partial charge in [0.25, 0.3) is 0 Å². The standard InChI is InChI=1S/C16H19N3O3S2/c1-2-17-16(20)19-8-7-12-10-14(5-6-15(12)19)24(21,22)18-11-13-4-3-9-23-13/h3-6,9-10,18H,2,7-8,11H2,1H3,(H,17,20). The molecule has 0 saturated carbocycles. The topological polar surface area (TPSA) is 78.5 Å². The van der Waals surface area contributed by atoms with Crippen molar-refractivity contribution < 1.29 is 13.2 Å². The molecule has 0 saturated heterocycles. The van der Waals surface area contributed by atoms with E-state index in [9.17, 15) is 13.2 Å². The van der Waals surface area contributed by atoms with E-state index in [0.717, 1.165) is 16.1 Å². The first-order valence-corrected chi connectivity index (χ1v) is 10.1. The molecule has 1 aromatic heterocycles. The fourth-order valence-corrected chi connectivity index (χ4v) is 4.46. The van der Waals surface area contributed by atoms with Gasteiger partial charge in [0.2, 0.25) is 10.0 Å². The Kier molecular flexibility index (Phi) is 4.88. The minimum atomic E-state index is -3.57. The number of carbonyl (C=O) groups excluding carboxylic acids is 1. The van der Waals surface area contributed by atoms with Gasteiger partial charge in [-0.2, -0.15) is 0 Å². The fourth-order valence-electron chi connectivity index (χ4n) is 2.67. The Balaban J connectivity index is 1.77. The SMILES string of the molecule is CCNC(=O)N1CCc2cc(S(=O)(=O)NCc3cccs3)ccc21. The summed E-state index contributed by atoms with van der Waals surface area (Å²) in [6.45, 7) is 3.27. The van der Waals surface area contributed by atoms with Crippen LogP contribution >= 0.6 is 11.3 Å². The van der Waals surface area contributed by atoms with Crippen LogP contribution in [-0.4, -0.2) is 27.5 Å². The van der Waals surface area contributed by atoms with Gasteiger partial charge in [-0.1, -0.05) is 6.07 Å². The van der Waals surface area contributed by atoms with Crippen LogP contribution in [0.15, 0.2) is 40.6 Å².